The van der Waals surface area contributed by atoms with Crippen LogP contribution in [0.3, 0.4) is 0 Å². The van der Waals surface area contributed by atoms with Crippen LogP contribution in [0, 0.1) is 0 Å². The molecule has 1 atom stereocenters. The van der Waals surface area contributed by atoms with Crippen LogP contribution in [0.15, 0.2) is 54.6 Å². The molecule has 1 aromatic heterocycles. The summed E-state index contributed by atoms with van der Waals surface area (Å²) in [5.74, 6) is -0.182. The van der Waals surface area contributed by atoms with Gasteiger partial charge in [-0.2, -0.15) is 0 Å². The average molecular weight is 459 g/mol. The number of anilines is 1. The third-order valence-corrected chi connectivity index (χ3v) is 6.57. The molecule has 1 fully saturated rings. The molecule has 0 spiro atoms. The Morgan fingerprint density at radius 1 is 1.00 bits per heavy atom. The molecule has 6 nitrogen and oxygen atoms in total. The number of amides is 2. The van der Waals surface area contributed by atoms with E-state index >= 15 is 0 Å². The molecule has 6 heteroatoms. The quantitative estimate of drug-likeness (QED) is 0.507. The number of rotatable bonds is 7. The van der Waals surface area contributed by atoms with E-state index in [1.165, 1.54) is 32.6 Å². The van der Waals surface area contributed by atoms with Crippen LogP contribution in [0.1, 0.15) is 56.3 Å². The Bertz CT molecular complexity index is 1130. The number of carbonyl (C=O) groups excluding carboxylic acids is 2. The van der Waals surface area contributed by atoms with Crippen molar-refractivity contribution in [3.63, 3.8) is 0 Å². The third kappa shape index (κ3) is 6.00. The van der Waals surface area contributed by atoms with E-state index in [1.807, 2.05) is 54.6 Å². The van der Waals surface area contributed by atoms with Gasteiger partial charge in [0.15, 0.2) is 0 Å². The summed E-state index contributed by atoms with van der Waals surface area (Å²) in [6.07, 6.45) is 6.13. The molecule has 0 bridgehead atoms. The first kappa shape index (κ1) is 23.9. The Morgan fingerprint density at radius 2 is 1.71 bits per heavy atom. The number of para-hydroxylation sites is 1. The molecule has 34 heavy (non-hydrogen) atoms. The number of carbonyl (C=O) groups is 2. The monoisotopic (exact) mass is 458 g/mol. The number of nitrogens with zero attached hydrogens (tertiary/aromatic N) is 2. The maximum Gasteiger partial charge on any atom is 0.252 e. The van der Waals surface area contributed by atoms with Crippen LogP contribution >= 0.6 is 0 Å². The van der Waals surface area contributed by atoms with E-state index in [2.05, 4.69) is 22.5 Å². The molecule has 2 heterocycles. The van der Waals surface area contributed by atoms with Gasteiger partial charge in [0.1, 0.15) is 0 Å². The summed E-state index contributed by atoms with van der Waals surface area (Å²) in [5.41, 5.74) is 3.77. The van der Waals surface area contributed by atoms with E-state index in [0.29, 0.717) is 18.2 Å². The van der Waals surface area contributed by atoms with Crippen LogP contribution < -0.4 is 10.6 Å². The number of nitrogens with one attached hydrogen (secondary N) is 2. The Hall–Kier alpha value is -3.25. The van der Waals surface area contributed by atoms with Crippen LogP contribution in [-0.2, 0) is 4.79 Å². The standard InChI is InChI=1S/C28H34N4O2/c1-20(32-17-7-3-4-8-18-32)15-16-29-28(34)25-19-27(31-26-10-6-5-9-24(25)26)22-11-13-23(14-12-22)30-21(2)33/h5-6,9-14,19-20H,3-4,7-8,15-18H2,1-2H3,(H,29,34)(H,30,33). The van der Waals surface area contributed by atoms with Gasteiger partial charge in [-0.25, -0.2) is 4.98 Å². The second-order valence-electron chi connectivity index (χ2n) is 9.17. The zero-order valence-corrected chi connectivity index (χ0v) is 20.1. The average Bonchev–Trinajstić information content (AvgIpc) is 3.13. The van der Waals surface area contributed by atoms with E-state index in [4.69, 9.17) is 4.98 Å². The molecule has 1 aliphatic heterocycles. The first-order valence-corrected chi connectivity index (χ1v) is 12.3. The van der Waals surface area contributed by atoms with Crippen molar-refractivity contribution in [2.75, 3.05) is 25.0 Å². The molecule has 1 aliphatic rings. The van der Waals surface area contributed by atoms with Crippen molar-refractivity contribution >= 4 is 28.4 Å². The van der Waals surface area contributed by atoms with Crippen molar-refractivity contribution in [2.45, 2.75) is 52.0 Å². The van der Waals surface area contributed by atoms with E-state index in [1.54, 1.807) is 0 Å². The van der Waals surface area contributed by atoms with Gasteiger partial charge in [0, 0.05) is 36.1 Å². The Labute approximate surface area is 201 Å². The van der Waals surface area contributed by atoms with Gasteiger partial charge in [0.05, 0.1) is 16.8 Å². The SMILES string of the molecule is CC(=O)Nc1ccc(-c2cc(C(=O)NCCC(C)N3CCCCCC3)c3ccccc3n2)cc1. The number of benzene rings is 2. The van der Waals surface area contributed by atoms with Crippen molar-refractivity contribution in [1.29, 1.82) is 0 Å². The molecule has 1 unspecified atom stereocenters. The highest BCUT2D eigenvalue weighted by molar-refractivity contribution is 6.07. The second kappa shape index (κ2) is 11.3. The fraction of sp³-hybridized carbons (Fsp3) is 0.393. The van der Waals surface area contributed by atoms with Gasteiger partial charge >= 0.3 is 0 Å². The lowest BCUT2D eigenvalue weighted by Gasteiger charge is -2.27. The summed E-state index contributed by atoms with van der Waals surface area (Å²) < 4.78 is 0. The predicted molar refractivity (Wildman–Crippen MR) is 138 cm³/mol. The van der Waals surface area contributed by atoms with Crippen molar-refractivity contribution < 1.29 is 9.59 Å². The number of aromatic nitrogens is 1. The van der Waals surface area contributed by atoms with Crippen LogP contribution in [-0.4, -0.2) is 47.4 Å². The van der Waals surface area contributed by atoms with Gasteiger partial charge in [0.25, 0.3) is 5.91 Å². The molecule has 1 saturated heterocycles. The number of hydrogen-bond acceptors (Lipinski definition) is 4. The third-order valence-electron chi connectivity index (χ3n) is 6.57. The Morgan fingerprint density at radius 3 is 2.41 bits per heavy atom. The molecule has 4 rings (SSSR count). The molecule has 2 N–H and O–H groups in total. The number of fused-ring (bicyclic) bond motifs is 1. The van der Waals surface area contributed by atoms with E-state index in [0.717, 1.165) is 47.4 Å². The number of hydrogen-bond donors (Lipinski definition) is 2. The fourth-order valence-electron chi connectivity index (χ4n) is 4.65. The topological polar surface area (TPSA) is 74.3 Å². The summed E-state index contributed by atoms with van der Waals surface area (Å²) >= 11 is 0. The van der Waals surface area contributed by atoms with Gasteiger partial charge < -0.3 is 15.5 Å². The Kier molecular flexibility index (Phi) is 7.91. The van der Waals surface area contributed by atoms with Crippen LogP contribution in [0.5, 0.6) is 0 Å². The molecule has 2 amide bonds. The van der Waals surface area contributed by atoms with Crippen molar-refractivity contribution in [3.8, 4) is 11.3 Å². The van der Waals surface area contributed by atoms with Crippen LogP contribution in [0.2, 0.25) is 0 Å². The lowest BCUT2D eigenvalue weighted by Crippen LogP contribution is -2.37. The lowest BCUT2D eigenvalue weighted by atomic mass is 10.0. The van der Waals surface area contributed by atoms with Gasteiger partial charge in [-0.3, -0.25) is 9.59 Å². The van der Waals surface area contributed by atoms with Gasteiger partial charge in [-0.1, -0.05) is 43.2 Å². The summed E-state index contributed by atoms with van der Waals surface area (Å²) in [7, 11) is 0. The highest BCUT2D eigenvalue weighted by atomic mass is 16.2. The van der Waals surface area contributed by atoms with Gasteiger partial charge in [-0.05, 0) is 63.5 Å². The van der Waals surface area contributed by atoms with Crippen LogP contribution in [0.4, 0.5) is 5.69 Å². The minimum Gasteiger partial charge on any atom is -0.352 e. The summed E-state index contributed by atoms with van der Waals surface area (Å²) in [5, 5.41) is 6.77. The first-order chi connectivity index (χ1) is 16.5. The second-order valence-corrected chi connectivity index (χ2v) is 9.17. The minimum absolute atomic E-state index is 0.0715. The molecular weight excluding hydrogens is 424 g/mol. The van der Waals surface area contributed by atoms with Gasteiger partial charge in [-0.15, -0.1) is 0 Å². The summed E-state index contributed by atoms with van der Waals surface area (Å²) in [6.45, 7) is 6.72. The molecule has 178 valence electrons. The van der Waals surface area contributed by atoms with Crippen molar-refractivity contribution in [2.24, 2.45) is 0 Å². The molecule has 0 radical (unpaired) electrons. The maximum absolute atomic E-state index is 13.2. The van der Waals surface area contributed by atoms with Crippen molar-refractivity contribution in [1.82, 2.24) is 15.2 Å². The van der Waals surface area contributed by atoms with E-state index in [-0.39, 0.29) is 11.8 Å². The fourth-order valence-corrected chi connectivity index (χ4v) is 4.65. The number of likely N-dealkylation sites (tertiary alicyclic amines) is 1. The molecule has 3 aromatic rings. The van der Waals surface area contributed by atoms with E-state index < -0.39 is 0 Å². The summed E-state index contributed by atoms with van der Waals surface area (Å²) in [4.78, 5) is 31.9. The van der Waals surface area contributed by atoms with E-state index in [9.17, 15) is 9.59 Å². The molecular formula is C28H34N4O2. The summed E-state index contributed by atoms with van der Waals surface area (Å²) in [6, 6.07) is 17.6. The lowest BCUT2D eigenvalue weighted by molar-refractivity contribution is -0.114. The minimum atomic E-state index is -0.110. The largest absolute Gasteiger partial charge is 0.352 e. The maximum atomic E-state index is 13.2. The normalized spacial score (nSPS) is 15.5. The highest BCUT2D eigenvalue weighted by Gasteiger charge is 2.17. The van der Waals surface area contributed by atoms with Crippen molar-refractivity contribution in [3.05, 3.63) is 60.2 Å². The van der Waals surface area contributed by atoms with Crippen LogP contribution in [0.25, 0.3) is 22.2 Å². The predicted octanol–water partition coefficient (Wildman–Crippen LogP) is 5.24. The zero-order valence-electron chi connectivity index (χ0n) is 20.1. The highest BCUT2D eigenvalue weighted by Crippen LogP contribution is 2.26. The number of pyridine rings is 1. The molecule has 2 aromatic carbocycles. The zero-order chi connectivity index (χ0) is 23.9. The molecule has 0 aliphatic carbocycles. The smallest absolute Gasteiger partial charge is 0.252 e. The molecule has 0 saturated carbocycles. The first-order valence-electron chi connectivity index (χ1n) is 12.3. The Balaban J connectivity index is 1.49. The van der Waals surface area contributed by atoms with Gasteiger partial charge in [0.2, 0.25) is 5.91 Å².